The summed E-state index contributed by atoms with van der Waals surface area (Å²) in [6.45, 7) is 7.02. The van der Waals surface area contributed by atoms with Gasteiger partial charge in [0.25, 0.3) is 0 Å². The van der Waals surface area contributed by atoms with Crippen LogP contribution in [0.2, 0.25) is 0 Å². The van der Waals surface area contributed by atoms with Crippen molar-refractivity contribution in [2.45, 2.75) is 26.2 Å². The van der Waals surface area contributed by atoms with E-state index in [0.717, 1.165) is 30.8 Å². The molecule has 0 saturated carbocycles. The van der Waals surface area contributed by atoms with E-state index in [9.17, 15) is 0 Å². The Morgan fingerprint density at radius 1 is 1.42 bits per heavy atom. The molecule has 0 unspecified atom stereocenters. The Bertz CT molecular complexity index is 182. The Hall–Kier alpha value is -0.920. The van der Waals surface area contributed by atoms with Gasteiger partial charge >= 0.3 is 0 Å². The first-order valence-corrected chi connectivity index (χ1v) is 4.41. The van der Waals surface area contributed by atoms with Crippen LogP contribution in [0.5, 0.6) is 0 Å². The van der Waals surface area contributed by atoms with Crippen molar-refractivity contribution in [3.63, 3.8) is 0 Å². The normalized spacial score (nSPS) is 16.8. The summed E-state index contributed by atoms with van der Waals surface area (Å²) in [7, 11) is 0. The molecule has 0 fully saturated rings. The molecule has 0 aromatic rings. The van der Waals surface area contributed by atoms with E-state index in [0.29, 0.717) is 13.2 Å². The van der Waals surface area contributed by atoms with Gasteiger partial charge in [-0.2, -0.15) is 0 Å². The SMILES string of the molecule is C=CCCCC1=C(C)OCCO1. The summed E-state index contributed by atoms with van der Waals surface area (Å²) in [6.07, 6.45) is 5.04. The smallest absolute Gasteiger partial charge is 0.133 e. The molecular weight excluding hydrogens is 152 g/mol. The number of hydrogen-bond donors (Lipinski definition) is 0. The van der Waals surface area contributed by atoms with Crippen molar-refractivity contribution in [3.8, 4) is 0 Å². The molecule has 1 heterocycles. The molecule has 0 aliphatic carbocycles. The van der Waals surface area contributed by atoms with Crippen LogP contribution in [0.4, 0.5) is 0 Å². The lowest BCUT2D eigenvalue weighted by atomic mass is 10.2. The van der Waals surface area contributed by atoms with E-state index < -0.39 is 0 Å². The van der Waals surface area contributed by atoms with Gasteiger partial charge in [-0.1, -0.05) is 6.08 Å². The summed E-state index contributed by atoms with van der Waals surface area (Å²) in [5, 5.41) is 0. The molecule has 0 saturated heterocycles. The third-order valence-corrected chi connectivity index (χ3v) is 1.88. The van der Waals surface area contributed by atoms with Crippen LogP contribution >= 0.6 is 0 Å². The molecule has 12 heavy (non-hydrogen) atoms. The van der Waals surface area contributed by atoms with Crippen LogP contribution in [-0.4, -0.2) is 13.2 Å². The van der Waals surface area contributed by atoms with E-state index in [4.69, 9.17) is 9.47 Å². The molecule has 0 aromatic heterocycles. The van der Waals surface area contributed by atoms with Crippen molar-refractivity contribution in [2.75, 3.05) is 13.2 Å². The maximum absolute atomic E-state index is 5.46. The topological polar surface area (TPSA) is 18.5 Å². The second kappa shape index (κ2) is 4.86. The monoisotopic (exact) mass is 168 g/mol. The first-order chi connectivity index (χ1) is 5.84. The van der Waals surface area contributed by atoms with Crippen molar-refractivity contribution < 1.29 is 9.47 Å². The first-order valence-electron chi connectivity index (χ1n) is 4.41. The van der Waals surface area contributed by atoms with Crippen molar-refractivity contribution in [1.29, 1.82) is 0 Å². The van der Waals surface area contributed by atoms with E-state index in [2.05, 4.69) is 6.58 Å². The summed E-state index contributed by atoms with van der Waals surface area (Å²) in [5.41, 5.74) is 0. The Morgan fingerprint density at radius 2 is 2.17 bits per heavy atom. The summed E-state index contributed by atoms with van der Waals surface area (Å²) in [4.78, 5) is 0. The highest BCUT2D eigenvalue weighted by Crippen LogP contribution is 2.18. The average Bonchev–Trinajstić information content (AvgIpc) is 2.09. The van der Waals surface area contributed by atoms with Crippen LogP contribution in [-0.2, 0) is 9.47 Å². The Balaban J connectivity index is 2.33. The molecule has 0 spiro atoms. The number of rotatable bonds is 4. The molecule has 0 aromatic carbocycles. The van der Waals surface area contributed by atoms with Gasteiger partial charge in [0, 0.05) is 6.42 Å². The predicted octanol–water partition coefficient (Wildman–Crippen LogP) is 2.62. The first kappa shape index (κ1) is 9.17. The van der Waals surface area contributed by atoms with E-state index in [1.165, 1.54) is 0 Å². The van der Waals surface area contributed by atoms with Gasteiger partial charge in [-0.25, -0.2) is 0 Å². The van der Waals surface area contributed by atoms with E-state index in [-0.39, 0.29) is 0 Å². The fraction of sp³-hybridized carbons (Fsp3) is 0.600. The Kier molecular flexibility index (Phi) is 3.71. The number of hydrogen-bond acceptors (Lipinski definition) is 2. The van der Waals surface area contributed by atoms with Crippen LogP contribution in [0, 0.1) is 0 Å². The van der Waals surface area contributed by atoms with Crippen molar-refractivity contribution in [2.24, 2.45) is 0 Å². The van der Waals surface area contributed by atoms with Crippen LogP contribution in [0.3, 0.4) is 0 Å². The highest BCUT2D eigenvalue weighted by molar-refractivity contribution is 5.00. The molecule has 0 radical (unpaired) electrons. The zero-order chi connectivity index (χ0) is 8.81. The summed E-state index contributed by atoms with van der Waals surface area (Å²) in [5.74, 6) is 1.97. The third-order valence-electron chi connectivity index (χ3n) is 1.88. The predicted molar refractivity (Wildman–Crippen MR) is 48.7 cm³/mol. The Labute approximate surface area is 73.9 Å². The minimum Gasteiger partial charge on any atom is -0.491 e. The summed E-state index contributed by atoms with van der Waals surface area (Å²) >= 11 is 0. The van der Waals surface area contributed by atoms with Gasteiger partial charge in [0.1, 0.15) is 24.7 Å². The highest BCUT2D eigenvalue weighted by Gasteiger charge is 2.09. The van der Waals surface area contributed by atoms with E-state index in [1.807, 2.05) is 13.0 Å². The van der Waals surface area contributed by atoms with Gasteiger partial charge in [0.05, 0.1) is 0 Å². The molecule has 1 aliphatic rings. The minimum absolute atomic E-state index is 0.691. The van der Waals surface area contributed by atoms with Gasteiger partial charge in [-0.05, 0) is 19.8 Å². The molecule has 68 valence electrons. The summed E-state index contributed by atoms with van der Waals surface area (Å²) < 4.78 is 10.8. The lowest BCUT2D eigenvalue weighted by molar-refractivity contribution is 0.0583. The van der Waals surface area contributed by atoms with E-state index >= 15 is 0 Å². The van der Waals surface area contributed by atoms with Crippen LogP contribution in [0.25, 0.3) is 0 Å². The van der Waals surface area contributed by atoms with Crippen LogP contribution in [0.1, 0.15) is 26.2 Å². The number of ether oxygens (including phenoxy) is 2. The van der Waals surface area contributed by atoms with Crippen molar-refractivity contribution in [3.05, 3.63) is 24.2 Å². The lowest BCUT2D eigenvalue weighted by Crippen LogP contribution is -2.12. The summed E-state index contributed by atoms with van der Waals surface area (Å²) in [6, 6.07) is 0. The third kappa shape index (κ3) is 2.61. The number of allylic oxidation sites excluding steroid dienone is 3. The molecule has 0 bridgehead atoms. The van der Waals surface area contributed by atoms with Crippen molar-refractivity contribution >= 4 is 0 Å². The average molecular weight is 168 g/mol. The molecule has 1 rings (SSSR count). The molecule has 0 amide bonds. The fourth-order valence-corrected chi connectivity index (χ4v) is 1.20. The zero-order valence-corrected chi connectivity index (χ0v) is 7.64. The van der Waals surface area contributed by atoms with Gasteiger partial charge < -0.3 is 9.47 Å². The fourth-order valence-electron chi connectivity index (χ4n) is 1.20. The minimum atomic E-state index is 0.691. The number of unbranched alkanes of at least 4 members (excludes halogenated alkanes) is 1. The maximum atomic E-state index is 5.46. The molecule has 0 atom stereocenters. The van der Waals surface area contributed by atoms with E-state index in [1.54, 1.807) is 0 Å². The second-order valence-corrected chi connectivity index (χ2v) is 2.86. The molecule has 1 aliphatic heterocycles. The van der Waals surface area contributed by atoms with Crippen LogP contribution in [0.15, 0.2) is 24.2 Å². The largest absolute Gasteiger partial charge is 0.491 e. The van der Waals surface area contributed by atoms with Crippen LogP contribution < -0.4 is 0 Å². The molecule has 2 nitrogen and oxygen atoms in total. The highest BCUT2D eigenvalue weighted by atomic mass is 16.6. The standard InChI is InChI=1S/C10H16O2/c1-3-4-5-6-10-9(2)11-7-8-12-10/h3H,1,4-8H2,2H3. The van der Waals surface area contributed by atoms with Crippen molar-refractivity contribution in [1.82, 2.24) is 0 Å². The van der Waals surface area contributed by atoms with Gasteiger partial charge in [0.2, 0.25) is 0 Å². The zero-order valence-electron chi connectivity index (χ0n) is 7.64. The molecule has 0 N–H and O–H groups in total. The lowest BCUT2D eigenvalue weighted by Gasteiger charge is -2.19. The Morgan fingerprint density at radius 3 is 2.83 bits per heavy atom. The van der Waals surface area contributed by atoms with Gasteiger partial charge in [-0.15, -0.1) is 6.58 Å². The second-order valence-electron chi connectivity index (χ2n) is 2.86. The quantitative estimate of drug-likeness (QED) is 0.474. The molecule has 2 heteroatoms. The maximum Gasteiger partial charge on any atom is 0.133 e. The molecular formula is C10H16O2. The van der Waals surface area contributed by atoms with Gasteiger partial charge in [0.15, 0.2) is 0 Å². The van der Waals surface area contributed by atoms with Gasteiger partial charge in [-0.3, -0.25) is 0 Å².